The van der Waals surface area contributed by atoms with E-state index >= 15 is 0 Å². The van der Waals surface area contributed by atoms with Crippen LogP contribution in [0.4, 0.5) is 0 Å². The van der Waals surface area contributed by atoms with Crippen molar-refractivity contribution >= 4 is 15.9 Å². The van der Waals surface area contributed by atoms with Crippen molar-refractivity contribution in [1.82, 2.24) is 5.32 Å². The van der Waals surface area contributed by atoms with Gasteiger partial charge in [-0.15, -0.1) is 0 Å². The van der Waals surface area contributed by atoms with Crippen molar-refractivity contribution in [2.24, 2.45) is 0 Å². The normalized spacial score (nSPS) is 12.4. The fraction of sp³-hybridized carbons (Fsp3) is 0.333. The summed E-state index contributed by atoms with van der Waals surface area (Å²) >= 11 is 3.66. The number of aryl methyl sites for hydroxylation is 1. The largest absolute Gasteiger partial charge is 0.384 e. The number of methoxy groups -OCH3 is 1. The number of benzene rings is 2. The summed E-state index contributed by atoms with van der Waals surface area (Å²) in [6, 6.07) is 15.4. The van der Waals surface area contributed by atoms with Gasteiger partial charge in [-0.1, -0.05) is 57.9 Å². The number of hydrogen-bond acceptors (Lipinski definition) is 2. The molecule has 0 saturated heterocycles. The molecule has 2 nitrogen and oxygen atoms in total. The molecule has 0 aromatic heterocycles. The second-order valence-electron chi connectivity index (χ2n) is 5.23. The Bertz CT molecular complexity index is 580. The molecule has 2 rings (SSSR count). The first-order chi connectivity index (χ1) is 10.2. The Hall–Kier alpha value is -1.16. The van der Waals surface area contributed by atoms with E-state index in [1.165, 1.54) is 22.3 Å². The van der Waals surface area contributed by atoms with Gasteiger partial charge in [-0.3, -0.25) is 0 Å². The molecule has 2 aromatic carbocycles. The highest BCUT2D eigenvalue weighted by molar-refractivity contribution is 9.10. The molecule has 112 valence electrons. The lowest BCUT2D eigenvalue weighted by Gasteiger charge is -2.19. The minimum Gasteiger partial charge on any atom is -0.384 e. The molecule has 1 unspecified atom stereocenters. The molecule has 0 aliphatic carbocycles. The highest BCUT2D eigenvalue weighted by atomic mass is 79.9. The molecule has 2 aromatic rings. The van der Waals surface area contributed by atoms with E-state index in [1.807, 2.05) is 7.05 Å². The number of halogens is 1. The average molecular weight is 348 g/mol. The zero-order valence-electron chi connectivity index (χ0n) is 12.8. The van der Waals surface area contributed by atoms with Crippen LogP contribution >= 0.6 is 15.9 Å². The summed E-state index contributed by atoms with van der Waals surface area (Å²) in [4.78, 5) is 0. The lowest BCUT2D eigenvalue weighted by molar-refractivity contribution is 0.202. The van der Waals surface area contributed by atoms with Gasteiger partial charge in [0.05, 0.1) is 12.6 Å². The van der Waals surface area contributed by atoms with Crippen LogP contribution in [0.1, 0.15) is 28.3 Å². The Morgan fingerprint density at radius 3 is 2.48 bits per heavy atom. The Morgan fingerprint density at radius 1 is 1.14 bits per heavy atom. The van der Waals surface area contributed by atoms with Gasteiger partial charge < -0.3 is 10.1 Å². The van der Waals surface area contributed by atoms with Crippen LogP contribution in [0, 0.1) is 6.92 Å². The Kier molecular flexibility index (Phi) is 5.97. The summed E-state index contributed by atoms with van der Waals surface area (Å²) in [6.45, 7) is 2.88. The van der Waals surface area contributed by atoms with Gasteiger partial charge >= 0.3 is 0 Å². The smallest absolute Gasteiger partial charge is 0.0585 e. The highest BCUT2D eigenvalue weighted by Gasteiger charge is 2.15. The van der Waals surface area contributed by atoms with E-state index in [1.54, 1.807) is 7.11 Å². The zero-order valence-corrected chi connectivity index (χ0v) is 14.4. The summed E-state index contributed by atoms with van der Waals surface area (Å²) in [5.41, 5.74) is 5.11. The first kappa shape index (κ1) is 16.2. The van der Waals surface area contributed by atoms with E-state index in [0.29, 0.717) is 0 Å². The predicted octanol–water partition coefficient (Wildman–Crippen LogP) is 4.26. The molecule has 21 heavy (non-hydrogen) atoms. The molecule has 0 fully saturated rings. The molecule has 0 aliphatic heterocycles. The van der Waals surface area contributed by atoms with Crippen molar-refractivity contribution in [2.45, 2.75) is 19.4 Å². The van der Waals surface area contributed by atoms with Gasteiger partial charge in [-0.05, 0) is 43.1 Å². The molecule has 0 spiro atoms. The van der Waals surface area contributed by atoms with Crippen LogP contribution < -0.4 is 5.32 Å². The molecular formula is C18H22BrNO. The molecule has 0 radical (unpaired) electrons. The zero-order chi connectivity index (χ0) is 15.2. The number of ether oxygens (including phenoxy) is 1. The molecule has 0 heterocycles. The second-order valence-corrected chi connectivity index (χ2v) is 6.09. The fourth-order valence-corrected chi connectivity index (χ4v) is 2.96. The molecule has 3 heteroatoms. The Labute approximate surface area is 135 Å². The summed E-state index contributed by atoms with van der Waals surface area (Å²) < 4.78 is 6.26. The van der Waals surface area contributed by atoms with Crippen LogP contribution in [0.5, 0.6) is 0 Å². The van der Waals surface area contributed by atoms with Crippen LogP contribution in [0.3, 0.4) is 0 Å². The van der Waals surface area contributed by atoms with E-state index < -0.39 is 0 Å². The SMILES string of the molecule is CNC(c1ccc(CCOC)cc1)c1cc(C)ccc1Br. The van der Waals surface area contributed by atoms with E-state index in [4.69, 9.17) is 4.74 Å². The number of hydrogen-bond donors (Lipinski definition) is 1. The van der Waals surface area contributed by atoms with E-state index in [9.17, 15) is 0 Å². The Balaban J connectivity index is 2.26. The minimum atomic E-state index is 0.191. The van der Waals surface area contributed by atoms with Gasteiger partial charge in [0.15, 0.2) is 0 Å². The first-order valence-electron chi connectivity index (χ1n) is 7.16. The molecular weight excluding hydrogens is 326 g/mol. The molecule has 0 aliphatic rings. The van der Waals surface area contributed by atoms with Gasteiger partial charge in [-0.25, -0.2) is 0 Å². The summed E-state index contributed by atoms with van der Waals surface area (Å²) in [5, 5.41) is 3.41. The monoisotopic (exact) mass is 347 g/mol. The highest BCUT2D eigenvalue weighted by Crippen LogP contribution is 2.29. The summed E-state index contributed by atoms with van der Waals surface area (Å²) in [6.07, 6.45) is 0.954. The first-order valence-corrected chi connectivity index (χ1v) is 7.96. The second kappa shape index (κ2) is 7.74. The maximum atomic E-state index is 5.12. The fourth-order valence-electron chi connectivity index (χ4n) is 2.48. The molecule has 1 atom stereocenters. The average Bonchev–Trinajstić information content (AvgIpc) is 2.50. The van der Waals surface area contributed by atoms with E-state index in [-0.39, 0.29) is 6.04 Å². The van der Waals surface area contributed by atoms with Gasteiger partial charge in [-0.2, -0.15) is 0 Å². The lowest BCUT2D eigenvalue weighted by atomic mass is 9.96. The van der Waals surface area contributed by atoms with Gasteiger partial charge in [0.1, 0.15) is 0 Å². The van der Waals surface area contributed by atoms with Crippen LogP contribution in [-0.4, -0.2) is 20.8 Å². The lowest BCUT2D eigenvalue weighted by Crippen LogP contribution is -2.18. The standard InChI is InChI=1S/C18H22BrNO/c1-13-4-9-17(19)16(12-13)18(20-2)15-7-5-14(6-8-15)10-11-21-3/h4-9,12,18,20H,10-11H2,1-3H3. The van der Waals surface area contributed by atoms with Crippen molar-refractivity contribution in [3.05, 3.63) is 69.2 Å². The maximum Gasteiger partial charge on any atom is 0.0585 e. The van der Waals surface area contributed by atoms with Crippen LogP contribution in [0.2, 0.25) is 0 Å². The Morgan fingerprint density at radius 2 is 1.86 bits per heavy atom. The topological polar surface area (TPSA) is 21.3 Å². The van der Waals surface area contributed by atoms with Gasteiger partial charge in [0.2, 0.25) is 0 Å². The molecule has 0 amide bonds. The minimum absolute atomic E-state index is 0.191. The van der Waals surface area contributed by atoms with Crippen LogP contribution in [-0.2, 0) is 11.2 Å². The summed E-state index contributed by atoms with van der Waals surface area (Å²) in [7, 11) is 3.74. The van der Waals surface area contributed by atoms with Crippen molar-refractivity contribution in [1.29, 1.82) is 0 Å². The van der Waals surface area contributed by atoms with Crippen LogP contribution in [0.15, 0.2) is 46.9 Å². The number of rotatable bonds is 6. The third kappa shape index (κ3) is 4.16. The van der Waals surface area contributed by atoms with Crippen molar-refractivity contribution in [3.8, 4) is 0 Å². The van der Waals surface area contributed by atoms with E-state index in [0.717, 1.165) is 17.5 Å². The van der Waals surface area contributed by atoms with Gasteiger partial charge in [0.25, 0.3) is 0 Å². The quantitative estimate of drug-likeness (QED) is 0.842. The third-order valence-electron chi connectivity index (χ3n) is 3.66. The molecule has 0 bridgehead atoms. The maximum absolute atomic E-state index is 5.12. The summed E-state index contributed by atoms with van der Waals surface area (Å²) in [5.74, 6) is 0. The third-order valence-corrected chi connectivity index (χ3v) is 4.38. The van der Waals surface area contributed by atoms with E-state index in [2.05, 4.69) is 70.6 Å². The molecule has 1 N–H and O–H groups in total. The van der Waals surface area contributed by atoms with Crippen molar-refractivity contribution < 1.29 is 4.74 Å². The van der Waals surface area contributed by atoms with Crippen LogP contribution in [0.25, 0.3) is 0 Å². The molecule has 0 saturated carbocycles. The number of nitrogens with one attached hydrogen (secondary N) is 1. The van der Waals surface area contributed by atoms with Gasteiger partial charge in [0, 0.05) is 11.6 Å². The van der Waals surface area contributed by atoms with Crippen molar-refractivity contribution in [2.75, 3.05) is 20.8 Å². The van der Waals surface area contributed by atoms with Crippen molar-refractivity contribution in [3.63, 3.8) is 0 Å². The predicted molar refractivity (Wildman–Crippen MR) is 91.8 cm³/mol.